The Morgan fingerprint density at radius 3 is 2.11 bits per heavy atom. The first-order valence-corrected chi connectivity index (χ1v) is 10.9. The Labute approximate surface area is 167 Å². The number of rotatable bonds is 4. The zero-order valence-corrected chi connectivity index (χ0v) is 16.4. The SMILES string of the molecule is c1ccc(C(Nc2ccc3ccccc3n2)C23CC4CC(CC(C4)C2)C3)cc1. The molecule has 4 aliphatic carbocycles. The number of nitrogens with zero attached hydrogens (tertiary/aromatic N) is 1. The van der Waals surface area contributed by atoms with Crippen molar-refractivity contribution in [1.29, 1.82) is 0 Å². The maximum atomic E-state index is 4.96. The van der Waals surface area contributed by atoms with Crippen LogP contribution in [0.4, 0.5) is 5.82 Å². The van der Waals surface area contributed by atoms with Crippen molar-refractivity contribution in [2.24, 2.45) is 23.2 Å². The van der Waals surface area contributed by atoms with Gasteiger partial charge in [-0.25, -0.2) is 4.98 Å². The van der Waals surface area contributed by atoms with Gasteiger partial charge in [0.25, 0.3) is 0 Å². The molecule has 1 unspecified atom stereocenters. The van der Waals surface area contributed by atoms with E-state index in [1.165, 1.54) is 49.5 Å². The lowest BCUT2D eigenvalue weighted by Gasteiger charge is -2.59. The summed E-state index contributed by atoms with van der Waals surface area (Å²) < 4.78 is 0. The Morgan fingerprint density at radius 1 is 0.750 bits per heavy atom. The van der Waals surface area contributed by atoms with Gasteiger partial charge in [-0.2, -0.15) is 0 Å². The van der Waals surface area contributed by atoms with Crippen molar-refractivity contribution in [2.75, 3.05) is 5.32 Å². The topological polar surface area (TPSA) is 24.9 Å². The van der Waals surface area contributed by atoms with Crippen molar-refractivity contribution in [3.05, 3.63) is 72.3 Å². The van der Waals surface area contributed by atoms with Crippen LogP contribution in [0.3, 0.4) is 0 Å². The highest BCUT2D eigenvalue weighted by molar-refractivity contribution is 5.80. The minimum absolute atomic E-state index is 0.357. The van der Waals surface area contributed by atoms with Gasteiger partial charge in [-0.1, -0.05) is 48.5 Å². The first kappa shape index (κ1) is 16.6. The molecular weight excluding hydrogens is 340 g/mol. The fraction of sp³-hybridized carbons (Fsp3) is 0.423. The number of benzene rings is 2. The summed E-state index contributed by atoms with van der Waals surface area (Å²) in [6, 6.07) is 24.3. The van der Waals surface area contributed by atoms with Crippen LogP contribution in [0.2, 0.25) is 0 Å². The molecule has 0 amide bonds. The van der Waals surface area contributed by atoms with E-state index in [0.29, 0.717) is 11.5 Å². The summed E-state index contributed by atoms with van der Waals surface area (Å²) in [6.45, 7) is 0. The van der Waals surface area contributed by atoms with Gasteiger partial charge in [-0.05, 0) is 85.5 Å². The molecule has 7 rings (SSSR count). The minimum Gasteiger partial charge on any atom is -0.363 e. The number of hydrogen-bond acceptors (Lipinski definition) is 2. The van der Waals surface area contributed by atoms with Crippen molar-refractivity contribution in [3.8, 4) is 0 Å². The van der Waals surface area contributed by atoms with E-state index in [1.54, 1.807) is 0 Å². The molecule has 1 aromatic heterocycles. The summed E-state index contributed by atoms with van der Waals surface area (Å²) in [4.78, 5) is 4.96. The lowest BCUT2D eigenvalue weighted by atomic mass is 9.47. The second kappa shape index (κ2) is 6.34. The Morgan fingerprint density at radius 2 is 1.39 bits per heavy atom. The third kappa shape index (κ3) is 2.73. The van der Waals surface area contributed by atoms with Crippen LogP contribution in [0.15, 0.2) is 66.7 Å². The van der Waals surface area contributed by atoms with E-state index in [1.807, 2.05) is 0 Å². The van der Waals surface area contributed by atoms with Gasteiger partial charge in [-0.15, -0.1) is 0 Å². The number of nitrogens with one attached hydrogen (secondary N) is 1. The molecule has 1 N–H and O–H groups in total. The zero-order valence-electron chi connectivity index (χ0n) is 16.4. The summed E-state index contributed by atoms with van der Waals surface area (Å²) >= 11 is 0. The quantitative estimate of drug-likeness (QED) is 0.561. The number of para-hydroxylation sites is 1. The van der Waals surface area contributed by atoms with Crippen LogP contribution in [0.1, 0.15) is 50.1 Å². The van der Waals surface area contributed by atoms with Crippen molar-refractivity contribution in [1.82, 2.24) is 4.98 Å². The molecule has 0 radical (unpaired) electrons. The van der Waals surface area contributed by atoms with Gasteiger partial charge < -0.3 is 5.32 Å². The van der Waals surface area contributed by atoms with E-state index in [4.69, 9.17) is 4.98 Å². The second-order valence-corrected chi connectivity index (χ2v) is 9.66. The van der Waals surface area contributed by atoms with Crippen LogP contribution in [0.5, 0.6) is 0 Å². The van der Waals surface area contributed by atoms with Crippen molar-refractivity contribution < 1.29 is 0 Å². The highest BCUT2D eigenvalue weighted by Gasteiger charge is 2.54. The summed E-state index contributed by atoms with van der Waals surface area (Å²) in [6.07, 6.45) is 8.61. The molecule has 142 valence electrons. The van der Waals surface area contributed by atoms with Gasteiger partial charge in [0.15, 0.2) is 0 Å². The van der Waals surface area contributed by atoms with Crippen LogP contribution >= 0.6 is 0 Å². The number of fused-ring (bicyclic) bond motifs is 1. The second-order valence-electron chi connectivity index (χ2n) is 9.66. The fourth-order valence-electron chi connectivity index (χ4n) is 7.06. The van der Waals surface area contributed by atoms with Gasteiger partial charge >= 0.3 is 0 Å². The first-order valence-electron chi connectivity index (χ1n) is 10.9. The largest absolute Gasteiger partial charge is 0.363 e. The Balaban J connectivity index is 1.41. The molecule has 0 aliphatic heterocycles. The molecule has 4 bridgehead atoms. The molecule has 3 aromatic rings. The molecule has 4 fully saturated rings. The average Bonchev–Trinajstić information content (AvgIpc) is 2.71. The van der Waals surface area contributed by atoms with Crippen LogP contribution in [0, 0.1) is 23.2 Å². The van der Waals surface area contributed by atoms with E-state index in [-0.39, 0.29) is 0 Å². The van der Waals surface area contributed by atoms with Crippen LogP contribution < -0.4 is 5.32 Å². The Bertz CT molecular complexity index is 958. The van der Waals surface area contributed by atoms with Gasteiger partial charge in [0.05, 0.1) is 11.6 Å². The van der Waals surface area contributed by atoms with Crippen molar-refractivity contribution >= 4 is 16.7 Å². The van der Waals surface area contributed by atoms with E-state index in [0.717, 1.165) is 29.1 Å². The predicted octanol–water partition coefficient (Wildman–Crippen LogP) is 6.60. The molecule has 2 aromatic carbocycles. The monoisotopic (exact) mass is 368 g/mol. The molecule has 1 atom stereocenters. The van der Waals surface area contributed by atoms with E-state index >= 15 is 0 Å². The molecule has 28 heavy (non-hydrogen) atoms. The third-order valence-electron chi connectivity index (χ3n) is 7.72. The molecule has 2 heteroatoms. The summed E-state index contributed by atoms with van der Waals surface area (Å²) in [7, 11) is 0. The standard InChI is InChI=1S/C26H28N2/c1-2-7-22(8-3-1)25(26-15-18-12-19(16-26)14-20(13-18)17-26)28-24-11-10-21-6-4-5-9-23(21)27-24/h1-11,18-20,25H,12-17H2,(H,27,28). The van der Waals surface area contributed by atoms with Crippen LogP contribution in [0.25, 0.3) is 10.9 Å². The number of aromatic nitrogens is 1. The van der Waals surface area contributed by atoms with Crippen LogP contribution in [-0.2, 0) is 0 Å². The van der Waals surface area contributed by atoms with Crippen LogP contribution in [-0.4, -0.2) is 4.98 Å². The van der Waals surface area contributed by atoms with Gasteiger partial charge in [0, 0.05) is 5.39 Å². The normalized spacial score (nSPS) is 31.8. The highest BCUT2D eigenvalue weighted by Crippen LogP contribution is 2.64. The highest BCUT2D eigenvalue weighted by atomic mass is 15.0. The van der Waals surface area contributed by atoms with Gasteiger partial charge in [0.1, 0.15) is 5.82 Å². The average molecular weight is 369 g/mol. The first-order chi connectivity index (χ1) is 13.8. The van der Waals surface area contributed by atoms with Gasteiger partial charge in [-0.3, -0.25) is 0 Å². The summed E-state index contributed by atoms with van der Waals surface area (Å²) in [5, 5.41) is 5.14. The molecule has 2 nitrogen and oxygen atoms in total. The van der Waals surface area contributed by atoms with Crippen molar-refractivity contribution in [3.63, 3.8) is 0 Å². The number of pyridine rings is 1. The molecule has 0 spiro atoms. The fourth-order valence-corrected chi connectivity index (χ4v) is 7.06. The van der Waals surface area contributed by atoms with Crippen molar-refractivity contribution in [2.45, 2.75) is 44.6 Å². The summed E-state index contributed by atoms with van der Waals surface area (Å²) in [5.74, 6) is 3.86. The molecule has 1 heterocycles. The number of anilines is 1. The maximum Gasteiger partial charge on any atom is 0.127 e. The third-order valence-corrected chi connectivity index (χ3v) is 7.72. The summed E-state index contributed by atoms with van der Waals surface area (Å²) in [5.41, 5.74) is 2.90. The van der Waals surface area contributed by atoms with E-state index < -0.39 is 0 Å². The Hall–Kier alpha value is -2.35. The molecule has 4 saturated carbocycles. The smallest absolute Gasteiger partial charge is 0.127 e. The molecular formula is C26H28N2. The maximum absolute atomic E-state index is 4.96. The molecule has 4 aliphatic rings. The van der Waals surface area contributed by atoms with E-state index in [9.17, 15) is 0 Å². The minimum atomic E-state index is 0.357. The number of hydrogen-bond donors (Lipinski definition) is 1. The van der Waals surface area contributed by atoms with Gasteiger partial charge in [0.2, 0.25) is 0 Å². The Kier molecular flexibility index (Phi) is 3.75. The van der Waals surface area contributed by atoms with E-state index in [2.05, 4.69) is 72.0 Å². The molecule has 0 saturated heterocycles. The zero-order chi connectivity index (χ0) is 18.6. The lowest BCUT2D eigenvalue weighted by molar-refractivity contribution is -0.0640. The predicted molar refractivity (Wildman–Crippen MR) is 115 cm³/mol. The lowest BCUT2D eigenvalue weighted by Crippen LogP contribution is -2.50.